The number of carbonyl (C=O) groups excluding carboxylic acids is 1. The second kappa shape index (κ2) is 5.04. The lowest BCUT2D eigenvalue weighted by Gasteiger charge is -1.97. The second-order valence-corrected chi connectivity index (χ2v) is 4.20. The van der Waals surface area contributed by atoms with E-state index in [4.69, 9.17) is 4.42 Å². The molecule has 0 saturated heterocycles. The van der Waals surface area contributed by atoms with E-state index in [1.54, 1.807) is 18.2 Å². The van der Waals surface area contributed by atoms with Crippen molar-refractivity contribution in [3.05, 3.63) is 69.7 Å². The maximum Gasteiger partial charge on any atom is 0.368 e. The third-order valence-electron chi connectivity index (χ3n) is 2.86. The number of oxime groups is 1. The number of non-ortho nitro benzene ring substituents is 1. The van der Waals surface area contributed by atoms with E-state index in [1.807, 2.05) is 0 Å². The molecule has 1 aromatic heterocycles. The van der Waals surface area contributed by atoms with E-state index in [9.17, 15) is 14.9 Å². The lowest BCUT2D eigenvalue weighted by Crippen LogP contribution is -2.05. The van der Waals surface area contributed by atoms with E-state index in [0.29, 0.717) is 17.0 Å². The molecule has 1 aromatic carbocycles. The van der Waals surface area contributed by atoms with Crippen molar-refractivity contribution in [2.45, 2.75) is 0 Å². The summed E-state index contributed by atoms with van der Waals surface area (Å²) in [5, 5.41) is 14.3. The van der Waals surface area contributed by atoms with Crippen molar-refractivity contribution < 1.29 is 19.0 Å². The van der Waals surface area contributed by atoms with Crippen LogP contribution in [0.3, 0.4) is 0 Å². The van der Waals surface area contributed by atoms with Gasteiger partial charge in [-0.1, -0.05) is 5.16 Å². The summed E-state index contributed by atoms with van der Waals surface area (Å²) in [6.45, 7) is 0. The lowest BCUT2D eigenvalue weighted by molar-refractivity contribution is -0.384. The van der Waals surface area contributed by atoms with Gasteiger partial charge in [0.25, 0.3) is 5.69 Å². The van der Waals surface area contributed by atoms with Crippen molar-refractivity contribution in [3.63, 3.8) is 0 Å². The Kier molecular flexibility index (Phi) is 3.07. The number of nitrogens with zero attached hydrogens (tertiary/aromatic N) is 2. The molecule has 21 heavy (non-hydrogen) atoms. The average molecular weight is 284 g/mol. The quantitative estimate of drug-likeness (QED) is 0.373. The Bertz CT molecular complexity index is 757. The van der Waals surface area contributed by atoms with Crippen LogP contribution in [0.1, 0.15) is 11.3 Å². The molecule has 0 aliphatic carbocycles. The number of nitro benzene ring substituents is 1. The van der Waals surface area contributed by atoms with Crippen LogP contribution in [0.15, 0.2) is 57.8 Å². The monoisotopic (exact) mass is 284 g/mol. The molecule has 1 aliphatic heterocycles. The maximum absolute atomic E-state index is 11.7. The van der Waals surface area contributed by atoms with Gasteiger partial charge in [0.2, 0.25) is 0 Å². The highest BCUT2D eigenvalue weighted by Crippen LogP contribution is 2.22. The van der Waals surface area contributed by atoms with Crippen LogP contribution in [0.5, 0.6) is 0 Å². The van der Waals surface area contributed by atoms with Gasteiger partial charge in [0.15, 0.2) is 11.5 Å². The van der Waals surface area contributed by atoms with Gasteiger partial charge in [0.05, 0.1) is 16.8 Å². The fourth-order valence-electron chi connectivity index (χ4n) is 1.86. The summed E-state index contributed by atoms with van der Waals surface area (Å²) in [4.78, 5) is 26.5. The Labute approximate surface area is 118 Å². The molecule has 104 valence electrons. The minimum atomic E-state index is -0.597. The maximum atomic E-state index is 11.7. The first kappa shape index (κ1) is 12.8. The summed E-state index contributed by atoms with van der Waals surface area (Å²) in [6.07, 6.45) is 3.00. The normalized spacial score (nSPS) is 15.9. The zero-order valence-electron chi connectivity index (χ0n) is 10.6. The van der Waals surface area contributed by atoms with E-state index in [-0.39, 0.29) is 11.3 Å². The van der Waals surface area contributed by atoms with Crippen LogP contribution in [-0.2, 0) is 9.63 Å². The van der Waals surface area contributed by atoms with Gasteiger partial charge in [-0.05, 0) is 35.9 Å². The third kappa shape index (κ3) is 2.44. The Morgan fingerprint density at radius 3 is 2.57 bits per heavy atom. The van der Waals surface area contributed by atoms with Crippen molar-refractivity contribution in [2.24, 2.45) is 5.16 Å². The predicted molar refractivity (Wildman–Crippen MR) is 72.4 cm³/mol. The van der Waals surface area contributed by atoms with Crippen molar-refractivity contribution >= 4 is 23.4 Å². The molecule has 0 fully saturated rings. The van der Waals surface area contributed by atoms with Gasteiger partial charge in [0.1, 0.15) is 0 Å². The van der Waals surface area contributed by atoms with Gasteiger partial charge in [-0.3, -0.25) is 10.1 Å². The Morgan fingerprint density at radius 2 is 1.95 bits per heavy atom. The topological polar surface area (TPSA) is 94.9 Å². The molecule has 7 heteroatoms. The number of furan rings is 1. The molecule has 0 unspecified atom stereocenters. The van der Waals surface area contributed by atoms with Crippen LogP contribution >= 0.6 is 0 Å². The molecule has 0 amide bonds. The van der Waals surface area contributed by atoms with Crippen LogP contribution in [0.2, 0.25) is 0 Å². The highest BCUT2D eigenvalue weighted by molar-refractivity contribution is 6.30. The summed E-state index contributed by atoms with van der Waals surface area (Å²) < 4.78 is 5.19. The molecule has 1 aliphatic rings. The SMILES string of the molecule is O=C1ON=C(c2ccco2)C1=Cc1ccc([N+](=O)[O-])cc1. The van der Waals surface area contributed by atoms with E-state index >= 15 is 0 Å². The van der Waals surface area contributed by atoms with Crippen LogP contribution in [0.4, 0.5) is 5.69 Å². The van der Waals surface area contributed by atoms with Gasteiger partial charge in [-0.2, -0.15) is 0 Å². The molecule has 0 N–H and O–H groups in total. The molecule has 2 aromatic rings. The predicted octanol–water partition coefficient (Wildman–Crippen LogP) is 2.53. The van der Waals surface area contributed by atoms with E-state index in [0.717, 1.165) is 0 Å². The molecule has 0 saturated carbocycles. The van der Waals surface area contributed by atoms with Crippen LogP contribution in [0.25, 0.3) is 6.08 Å². The smallest absolute Gasteiger partial charge is 0.368 e. The van der Waals surface area contributed by atoms with Crippen molar-refractivity contribution in [3.8, 4) is 0 Å². The van der Waals surface area contributed by atoms with E-state index in [1.165, 1.54) is 30.5 Å². The molecule has 2 heterocycles. The third-order valence-corrected chi connectivity index (χ3v) is 2.86. The average Bonchev–Trinajstić information content (AvgIpc) is 3.10. The van der Waals surface area contributed by atoms with Crippen molar-refractivity contribution in [1.29, 1.82) is 0 Å². The number of rotatable bonds is 3. The molecule has 0 spiro atoms. The van der Waals surface area contributed by atoms with Gasteiger partial charge < -0.3 is 9.25 Å². The molecular weight excluding hydrogens is 276 g/mol. The molecule has 0 atom stereocenters. The van der Waals surface area contributed by atoms with E-state index < -0.39 is 10.9 Å². The number of hydrogen-bond donors (Lipinski definition) is 0. The summed E-state index contributed by atoms with van der Waals surface area (Å²) in [5.74, 6) is -0.186. The van der Waals surface area contributed by atoms with Gasteiger partial charge >= 0.3 is 5.97 Å². The van der Waals surface area contributed by atoms with Crippen LogP contribution in [-0.4, -0.2) is 16.6 Å². The molecule has 0 radical (unpaired) electrons. The van der Waals surface area contributed by atoms with Crippen molar-refractivity contribution in [2.75, 3.05) is 0 Å². The van der Waals surface area contributed by atoms with Gasteiger partial charge in [0, 0.05) is 12.1 Å². The molecule has 3 rings (SSSR count). The number of benzene rings is 1. The number of hydrogen-bond acceptors (Lipinski definition) is 6. The zero-order chi connectivity index (χ0) is 14.8. The summed E-state index contributed by atoms with van der Waals surface area (Å²) in [7, 11) is 0. The molecule has 7 nitrogen and oxygen atoms in total. The minimum Gasteiger partial charge on any atom is -0.463 e. The minimum absolute atomic E-state index is 0.0222. The standard InChI is InChI=1S/C14H8N2O5/c17-14-11(13(15-21-14)12-2-1-7-20-12)8-9-3-5-10(6-4-9)16(18)19/h1-8H. The van der Waals surface area contributed by atoms with E-state index in [2.05, 4.69) is 9.99 Å². The summed E-state index contributed by atoms with van der Waals surface area (Å²) in [6, 6.07) is 9.12. The van der Waals surface area contributed by atoms with Gasteiger partial charge in [-0.15, -0.1) is 0 Å². The Morgan fingerprint density at radius 1 is 1.19 bits per heavy atom. The zero-order valence-corrected chi connectivity index (χ0v) is 10.6. The van der Waals surface area contributed by atoms with Crippen molar-refractivity contribution in [1.82, 2.24) is 0 Å². The first-order valence-corrected chi connectivity index (χ1v) is 5.95. The Balaban J connectivity index is 1.95. The fraction of sp³-hybridized carbons (Fsp3) is 0. The molecule has 0 bridgehead atoms. The first-order valence-electron chi connectivity index (χ1n) is 5.95. The summed E-state index contributed by atoms with van der Waals surface area (Å²) >= 11 is 0. The van der Waals surface area contributed by atoms with Gasteiger partial charge in [-0.25, -0.2) is 4.79 Å². The Hall–Kier alpha value is -3.22. The largest absolute Gasteiger partial charge is 0.463 e. The lowest BCUT2D eigenvalue weighted by atomic mass is 10.1. The van der Waals surface area contributed by atoms with Crippen LogP contribution in [0, 0.1) is 10.1 Å². The number of carbonyl (C=O) groups is 1. The highest BCUT2D eigenvalue weighted by atomic mass is 16.7. The fourth-order valence-corrected chi connectivity index (χ4v) is 1.86. The summed E-state index contributed by atoms with van der Waals surface area (Å²) in [5.41, 5.74) is 1.13. The first-order chi connectivity index (χ1) is 10.1. The second-order valence-electron chi connectivity index (χ2n) is 4.20. The van der Waals surface area contributed by atoms with Crippen LogP contribution < -0.4 is 0 Å². The highest BCUT2D eigenvalue weighted by Gasteiger charge is 2.28. The number of nitro groups is 1. The molecular formula is C14H8N2O5.